The van der Waals surface area contributed by atoms with Crippen molar-refractivity contribution in [2.45, 2.75) is 24.5 Å². The monoisotopic (exact) mass is 448 g/mol. The predicted molar refractivity (Wildman–Crippen MR) is 121 cm³/mol. The third kappa shape index (κ3) is 2.91. The van der Waals surface area contributed by atoms with Crippen molar-refractivity contribution >= 4 is 29.2 Å². The number of carbonyl (C=O) groups is 2. The number of halogens is 1. The normalized spacial score (nSPS) is 22.1. The van der Waals surface area contributed by atoms with Crippen LogP contribution in [0.2, 0.25) is 5.02 Å². The van der Waals surface area contributed by atoms with E-state index in [-0.39, 0.29) is 18.9 Å². The molecule has 2 heterocycles. The maximum absolute atomic E-state index is 13.9. The smallest absolute Gasteiger partial charge is 0.321 e. The summed E-state index contributed by atoms with van der Waals surface area (Å²) in [6, 6.07) is 19.2. The number of fused-ring (bicyclic) bond motifs is 2. The van der Waals surface area contributed by atoms with Crippen molar-refractivity contribution in [1.29, 1.82) is 0 Å². The topological polar surface area (TPSA) is 78.9 Å². The number of para-hydroxylation sites is 1. The Morgan fingerprint density at radius 2 is 1.81 bits per heavy atom. The molecule has 32 heavy (non-hydrogen) atoms. The fourth-order valence-corrected chi connectivity index (χ4v) is 5.18. The zero-order valence-corrected chi connectivity index (χ0v) is 18.1. The van der Waals surface area contributed by atoms with Gasteiger partial charge in [0.2, 0.25) is 0 Å². The molecule has 1 amide bonds. The Labute approximate surface area is 190 Å². The minimum absolute atomic E-state index is 0.282. The SMILES string of the molecule is COc1ccccc1C1(N2Cc3ccccc3C[C@H]2C(=O)O)C(=O)Nc2ccc(Cl)cc21. The lowest BCUT2D eigenvalue weighted by Crippen LogP contribution is -2.60. The first-order chi connectivity index (χ1) is 15.5. The number of amides is 1. The molecule has 1 unspecified atom stereocenters. The van der Waals surface area contributed by atoms with Crippen molar-refractivity contribution in [2.24, 2.45) is 0 Å². The van der Waals surface area contributed by atoms with Gasteiger partial charge in [0.05, 0.1) is 7.11 Å². The van der Waals surface area contributed by atoms with Gasteiger partial charge in [0.15, 0.2) is 5.54 Å². The number of carboxylic acid groups (broad SMARTS) is 1. The number of hydrogen-bond acceptors (Lipinski definition) is 4. The maximum atomic E-state index is 13.9. The van der Waals surface area contributed by atoms with Crippen LogP contribution in [0.1, 0.15) is 22.3 Å². The lowest BCUT2D eigenvalue weighted by atomic mass is 9.78. The molecule has 0 radical (unpaired) electrons. The molecular formula is C25H21ClN2O4. The van der Waals surface area contributed by atoms with Gasteiger partial charge in [-0.05, 0) is 41.8 Å². The largest absolute Gasteiger partial charge is 0.496 e. The van der Waals surface area contributed by atoms with E-state index in [1.807, 2.05) is 42.5 Å². The van der Waals surface area contributed by atoms with Gasteiger partial charge in [-0.1, -0.05) is 54.1 Å². The zero-order chi connectivity index (χ0) is 22.5. The molecule has 0 aromatic heterocycles. The molecule has 5 rings (SSSR count). The van der Waals surface area contributed by atoms with E-state index in [0.717, 1.165) is 11.1 Å². The van der Waals surface area contributed by atoms with E-state index in [4.69, 9.17) is 16.3 Å². The van der Waals surface area contributed by atoms with Gasteiger partial charge in [-0.15, -0.1) is 0 Å². The second-order valence-electron chi connectivity index (χ2n) is 8.01. The lowest BCUT2D eigenvalue weighted by molar-refractivity contribution is -0.148. The number of benzene rings is 3. The third-order valence-corrected chi connectivity index (χ3v) is 6.64. The van der Waals surface area contributed by atoms with Crippen LogP contribution in [0.5, 0.6) is 5.75 Å². The van der Waals surface area contributed by atoms with Gasteiger partial charge in [-0.3, -0.25) is 14.5 Å². The van der Waals surface area contributed by atoms with Crippen molar-refractivity contribution in [3.63, 3.8) is 0 Å². The molecule has 3 aromatic carbocycles. The summed E-state index contributed by atoms with van der Waals surface area (Å²) < 4.78 is 5.65. The molecule has 0 bridgehead atoms. The number of carboxylic acids is 1. The van der Waals surface area contributed by atoms with Gasteiger partial charge in [0.25, 0.3) is 5.91 Å². The molecule has 2 atom stereocenters. The molecule has 2 N–H and O–H groups in total. The van der Waals surface area contributed by atoms with Crippen molar-refractivity contribution < 1.29 is 19.4 Å². The number of methoxy groups -OCH3 is 1. The van der Waals surface area contributed by atoms with Gasteiger partial charge in [-0.2, -0.15) is 0 Å². The second kappa shape index (κ2) is 7.65. The molecule has 2 aliphatic heterocycles. The van der Waals surface area contributed by atoms with Crippen LogP contribution in [0.4, 0.5) is 5.69 Å². The molecule has 162 valence electrons. The van der Waals surface area contributed by atoms with Crippen LogP contribution in [-0.2, 0) is 28.1 Å². The highest BCUT2D eigenvalue weighted by Crippen LogP contribution is 2.51. The molecule has 0 aliphatic carbocycles. The van der Waals surface area contributed by atoms with Crippen LogP contribution < -0.4 is 10.1 Å². The van der Waals surface area contributed by atoms with E-state index in [2.05, 4.69) is 5.32 Å². The number of hydrogen-bond donors (Lipinski definition) is 2. The van der Waals surface area contributed by atoms with Crippen LogP contribution in [0.25, 0.3) is 0 Å². The van der Waals surface area contributed by atoms with Gasteiger partial charge < -0.3 is 15.2 Å². The average molecular weight is 449 g/mol. The average Bonchev–Trinajstić information content (AvgIpc) is 3.09. The minimum atomic E-state index is -1.43. The highest BCUT2D eigenvalue weighted by Gasteiger charge is 2.57. The number of carbonyl (C=O) groups excluding carboxylic acids is 1. The number of nitrogens with zero attached hydrogens (tertiary/aromatic N) is 1. The van der Waals surface area contributed by atoms with Gasteiger partial charge in [0, 0.05) is 28.4 Å². The summed E-state index contributed by atoms with van der Waals surface area (Å²) in [4.78, 5) is 28.2. The van der Waals surface area contributed by atoms with Gasteiger partial charge >= 0.3 is 5.97 Å². The predicted octanol–water partition coefficient (Wildman–Crippen LogP) is 4.06. The van der Waals surface area contributed by atoms with Crippen LogP contribution >= 0.6 is 11.6 Å². The summed E-state index contributed by atoms with van der Waals surface area (Å²) in [6.07, 6.45) is 0.283. The highest BCUT2D eigenvalue weighted by molar-refractivity contribution is 6.31. The molecule has 0 saturated carbocycles. The summed E-state index contributed by atoms with van der Waals surface area (Å²) >= 11 is 6.37. The van der Waals surface area contributed by atoms with Crippen LogP contribution in [0, 0.1) is 0 Å². The van der Waals surface area contributed by atoms with E-state index in [9.17, 15) is 14.7 Å². The van der Waals surface area contributed by atoms with Crippen LogP contribution in [-0.4, -0.2) is 35.0 Å². The van der Waals surface area contributed by atoms with E-state index < -0.39 is 17.6 Å². The van der Waals surface area contributed by atoms with Crippen molar-refractivity contribution in [3.8, 4) is 5.75 Å². The molecular weight excluding hydrogens is 428 g/mol. The Morgan fingerprint density at radius 3 is 2.56 bits per heavy atom. The second-order valence-corrected chi connectivity index (χ2v) is 8.45. The van der Waals surface area contributed by atoms with E-state index in [0.29, 0.717) is 27.6 Å². The number of rotatable bonds is 4. The van der Waals surface area contributed by atoms with Crippen molar-refractivity contribution in [1.82, 2.24) is 4.90 Å². The van der Waals surface area contributed by atoms with Crippen molar-refractivity contribution in [3.05, 3.63) is 94.0 Å². The first-order valence-corrected chi connectivity index (χ1v) is 10.7. The lowest BCUT2D eigenvalue weighted by Gasteiger charge is -2.46. The van der Waals surface area contributed by atoms with E-state index >= 15 is 0 Å². The first-order valence-electron chi connectivity index (χ1n) is 10.3. The summed E-state index contributed by atoms with van der Waals surface area (Å²) in [7, 11) is 1.54. The molecule has 0 saturated heterocycles. The van der Waals surface area contributed by atoms with Crippen LogP contribution in [0.15, 0.2) is 66.7 Å². The molecule has 7 heteroatoms. The number of anilines is 1. The Balaban J connectivity index is 1.84. The highest BCUT2D eigenvalue weighted by atomic mass is 35.5. The number of aliphatic carboxylic acids is 1. The zero-order valence-electron chi connectivity index (χ0n) is 17.3. The van der Waals surface area contributed by atoms with Gasteiger partial charge in [0.1, 0.15) is 11.8 Å². The summed E-state index contributed by atoms with van der Waals surface area (Å²) in [6.45, 7) is 0.282. The minimum Gasteiger partial charge on any atom is -0.496 e. The number of nitrogens with one attached hydrogen (secondary N) is 1. The first kappa shape index (κ1) is 20.5. The summed E-state index contributed by atoms with van der Waals surface area (Å²) in [5, 5.41) is 13.7. The maximum Gasteiger partial charge on any atom is 0.321 e. The summed E-state index contributed by atoms with van der Waals surface area (Å²) in [5.41, 5.74) is 2.33. The molecule has 0 fully saturated rings. The number of ether oxygens (including phenoxy) is 1. The Kier molecular flexibility index (Phi) is 4.92. The fraction of sp³-hybridized carbons (Fsp3) is 0.200. The molecule has 6 nitrogen and oxygen atoms in total. The standard InChI is InChI=1S/C25H21ClN2O4/c1-32-22-9-5-4-8-18(22)25(19-13-17(26)10-11-20(19)27-24(25)31)28-14-16-7-3-2-6-15(16)12-21(28)23(29)30/h2-11,13,21H,12,14H2,1H3,(H,27,31)(H,29,30)/t21-,25?/m0/s1. The summed E-state index contributed by atoms with van der Waals surface area (Å²) in [5.74, 6) is -0.819. The van der Waals surface area contributed by atoms with E-state index in [1.54, 1.807) is 36.3 Å². The Hall–Kier alpha value is -3.35. The Bertz CT molecular complexity index is 1240. The Morgan fingerprint density at radius 1 is 1.09 bits per heavy atom. The fourth-order valence-electron chi connectivity index (χ4n) is 5.01. The van der Waals surface area contributed by atoms with Gasteiger partial charge in [-0.25, -0.2) is 0 Å². The van der Waals surface area contributed by atoms with Crippen LogP contribution in [0.3, 0.4) is 0 Å². The molecule has 3 aromatic rings. The quantitative estimate of drug-likeness (QED) is 0.629. The molecule has 0 spiro atoms. The van der Waals surface area contributed by atoms with Crippen molar-refractivity contribution in [2.75, 3.05) is 12.4 Å². The third-order valence-electron chi connectivity index (χ3n) is 6.41. The molecule has 2 aliphatic rings. The van der Waals surface area contributed by atoms with E-state index in [1.165, 1.54) is 0 Å².